The van der Waals surface area contributed by atoms with Crippen molar-refractivity contribution >= 4 is 11.6 Å². The normalized spacial score (nSPS) is 12.5. The predicted molar refractivity (Wildman–Crippen MR) is 96.9 cm³/mol. The lowest BCUT2D eigenvalue weighted by molar-refractivity contribution is 0.0907. The van der Waals surface area contributed by atoms with Crippen molar-refractivity contribution in [2.24, 2.45) is 0 Å². The number of methoxy groups -OCH3 is 1. The van der Waals surface area contributed by atoms with Crippen molar-refractivity contribution in [2.45, 2.75) is 26.3 Å². The molecule has 0 aliphatic heterocycles. The number of halogens is 2. The summed E-state index contributed by atoms with van der Waals surface area (Å²) in [7, 11) is 1.53. The van der Waals surface area contributed by atoms with Crippen molar-refractivity contribution in [3.05, 3.63) is 53.3 Å². The van der Waals surface area contributed by atoms with E-state index in [2.05, 4.69) is 15.4 Å². The van der Waals surface area contributed by atoms with Gasteiger partial charge in [-0.3, -0.25) is 4.79 Å². The first kappa shape index (κ1) is 18.9. The second-order valence-corrected chi connectivity index (χ2v) is 6.36. The molecular weight excluding hydrogens is 354 g/mol. The van der Waals surface area contributed by atoms with E-state index in [1.165, 1.54) is 19.4 Å². The number of rotatable bonds is 6. The minimum atomic E-state index is -2.76. The fraction of sp³-hybridized carbons (Fsp3) is 0.316. The summed E-state index contributed by atoms with van der Waals surface area (Å²) < 4.78 is 33.2. The first-order chi connectivity index (χ1) is 12.9. The van der Waals surface area contributed by atoms with Gasteiger partial charge in [-0.1, -0.05) is 29.8 Å². The highest BCUT2D eigenvalue weighted by atomic mass is 19.3. The molecule has 0 saturated carbocycles. The zero-order chi connectivity index (χ0) is 19.6. The maximum Gasteiger partial charge on any atom is 0.280 e. The summed E-state index contributed by atoms with van der Waals surface area (Å²) in [5.41, 5.74) is 1.99. The molecule has 0 spiro atoms. The van der Waals surface area contributed by atoms with E-state index in [1.807, 2.05) is 19.1 Å². The lowest BCUT2D eigenvalue weighted by Crippen LogP contribution is -2.35. The largest absolute Gasteiger partial charge is 0.383 e. The monoisotopic (exact) mass is 374 g/mol. The molecule has 0 saturated heterocycles. The number of hydrogen-bond acceptors (Lipinski definition) is 4. The number of aryl methyl sites for hydroxylation is 1. The van der Waals surface area contributed by atoms with Gasteiger partial charge in [-0.25, -0.2) is 18.3 Å². The molecule has 1 N–H and O–H groups in total. The summed E-state index contributed by atoms with van der Waals surface area (Å²) in [6.45, 7) is 4.05. The van der Waals surface area contributed by atoms with Crippen LogP contribution in [0, 0.1) is 6.92 Å². The van der Waals surface area contributed by atoms with Gasteiger partial charge in [0, 0.05) is 18.7 Å². The molecule has 2 heterocycles. The summed E-state index contributed by atoms with van der Waals surface area (Å²) in [5.74, 6) is -0.441. The molecule has 0 bridgehead atoms. The number of alkyl halides is 2. The van der Waals surface area contributed by atoms with Gasteiger partial charge in [0.15, 0.2) is 5.65 Å². The third kappa shape index (κ3) is 3.95. The number of carbonyl (C=O) groups excluding carboxylic acids is 1. The van der Waals surface area contributed by atoms with Crippen LogP contribution < -0.4 is 5.32 Å². The average molecular weight is 374 g/mol. The van der Waals surface area contributed by atoms with Crippen LogP contribution in [0.4, 0.5) is 8.78 Å². The van der Waals surface area contributed by atoms with Gasteiger partial charge in [-0.05, 0) is 19.9 Å². The number of aromatic nitrogens is 3. The number of ether oxygens (including phenoxy) is 1. The summed E-state index contributed by atoms with van der Waals surface area (Å²) in [6.07, 6.45) is -1.51. The molecule has 0 unspecified atom stereocenters. The maximum absolute atomic E-state index is 13.6. The standard InChI is InChI=1S/C19H20F2N4O2/c1-11-4-6-13(7-5-11)15-8-16(17(20)21)25-18(24-15)14(9-22-25)19(26)23-12(2)10-27-3/h4-9,12,17H,10H2,1-3H3,(H,23,26)/t12-/m1/s1. The van der Waals surface area contributed by atoms with Crippen LogP contribution in [-0.2, 0) is 4.74 Å². The molecule has 1 amide bonds. The quantitative estimate of drug-likeness (QED) is 0.718. The Labute approximate surface area is 155 Å². The van der Waals surface area contributed by atoms with Gasteiger partial charge in [0.25, 0.3) is 12.3 Å². The van der Waals surface area contributed by atoms with Crippen LogP contribution in [-0.4, -0.2) is 40.3 Å². The van der Waals surface area contributed by atoms with E-state index in [4.69, 9.17) is 4.74 Å². The van der Waals surface area contributed by atoms with Gasteiger partial charge in [0.2, 0.25) is 0 Å². The van der Waals surface area contributed by atoms with Gasteiger partial charge in [-0.2, -0.15) is 5.10 Å². The summed E-state index contributed by atoms with van der Waals surface area (Å²) in [5, 5.41) is 6.69. The molecule has 6 nitrogen and oxygen atoms in total. The van der Waals surface area contributed by atoms with Crippen LogP contribution in [0.1, 0.15) is 35.0 Å². The fourth-order valence-corrected chi connectivity index (χ4v) is 2.77. The molecule has 1 aromatic carbocycles. The summed E-state index contributed by atoms with van der Waals surface area (Å²) >= 11 is 0. The number of carbonyl (C=O) groups is 1. The number of nitrogens with zero attached hydrogens (tertiary/aromatic N) is 3. The molecule has 2 aromatic heterocycles. The SMILES string of the molecule is COC[C@@H](C)NC(=O)c1cnn2c(C(F)F)cc(-c3ccc(C)cc3)nc12. The molecule has 0 aliphatic rings. The Kier molecular flexibility index (Phi) is 5.46. The highest BCUT2D eigenvalue weighted by Crippen LogP contribution is 2.27. The van der Waals surface area contributed by atoms with E-state index in [0.29, 0.717) is 17.9 Å². The predicted octanol–water partition coefficient (Wildman–Crippen LogP) is 3.41. The van der Waals surface area contributed by atoms with Crippen molar-refractivity contribution in [2.75, 3.05) is 13.7 Å². The summed E-state index contributed by atoms with van der Waals surface area (Å²) in [4.78, 5) is 17.0. The van der Waals surface area contributed by atoms with Gasteiger partial charge >= 0.3 is 0 Å². The van der Waals surface area contributed by atoms with Crippen molar-refractivity contribution in [3.8, 4) is 11.3 Å². The molecule has 3 rings (SSSR count). The molecule has 0 aliphatic carbocycles. The smallest absolute Gasteiger partial charge is 0.280 e. The van der Waals surface area contributed by atoms with Gasteiger partial charge < -0.3 is 10.1 Å². The van der Waals surface area contributed by atoms with E-state index < -0.39 is 12.3 Å². The Morgan fingerprint density at radius 2 is 2.00 bits per heavy atom. The second-order valence-electron chi connectivity index (χ2n) is 6.36. The number of amides is 1. The maximum atomic E-state index is 13.6. The lowest BCUT2D eigenvalue weighted by Gasteiger charge is -2.12. The lowest BCUT2D eigenvalue weighted by atomic mass is 10.1. The number of benzene rings is 1. The highest BCUT2D eigenvalue weighted by Gasteiger charge is 2.22. The number of fused-ring (bicyclic) bond motifs is 1. The van der Waals surface area contributed by atoms with Gasteiger partial charge in [0.05, 0.1) is 18.5 Å². The Bertz CT molecular complexity index is 954. The van der Waals surface area contributed by atoms with Crippen molar-refractivity contribution in [3.63, 3.8) is 0 Å². The van der Waals surface area contributed by atoms with Gasteiger partial charge in [-0.15, -0.1) is 0 Å². The van der Waals surface area contributed by atoms with Crippen molar-refractivity contribution in [1.82, 2.24) is 19.9 Å². The third-order valence-corrected chi connectivity index (χ3v) is 4.11. The molecule has 142 valence electrons. The Balaban J connectivity index is 2.09. The number of hydrogen-bond donors (Lipinski definition) is 1. The molecule has 0 fully saturated rings. The minimum absolute atomic E-state index is 0.0884. The topological polar surface area (TPSA) is 68.5 Å². The van der Waals surface area contributed by atoms with E-state index in [-0.39, 0.29) is 22.9 Å². The Morgan fingerprint density at radius 3 is 2.63 bits per heavy atom. The van der Waals surface area contributed by atoms with E-state index >= 15 is 0 Å². The van der Waals surface area contributed by atoms with Crippen LogP contribution in [0.3, 0.4) is 0 Å². The second kappa shape index (κ2) is 7.79. The molecular formula is C19H20F2N4O2. The van der Waals surface area contributed by atoms with Crippen LogP contribution in [0.15, 0.2) is 36.5 Å². The Morgan fingerprint density at radius 1 is 1.30 bits per heavy atom. The van der Waals surface area contributed by atoms with Gasteiger partial charge in [0.1, 0.15) is 11.3 Å². The van der Waals surface area contributed by atoms with Crippen molar-refractivity contribution < 1.29 is 18.3 Å². The average Bonchev–Trinajstić information content (AvgIpc) is 3.05. The molecule has 0 radical (unpaired) electrons. The van der Waals surface area contributed by atoms with Crippen LogP contribution in [0.5, 0.6) is 0 Å². The zero-order valence-corrected chi connectivity index (χ0v) is 15.2. The zero-order valence-electron chi connectivity index (χ0n) is 15.2. The molecule has 3 aromatic rings. The number of nitrogens with one attached hydrogen (secondary N) is 1. The molecule has 1 atom stereocenters. The van der Waals surface area contributed by atoms with E-state index in [0.717, 1.165) is 10.1 Å². The van der Waals surface area contributed by atoms with E-state index in [1.54, 1.807) is 19.1 Å². The first-order valence-corrected chi connectivity index (χ1v) is 8.44. The molecule has 27 heavy (non-hydrogen) atoms. The van der Waals surface area contributed by atoms with E-state index in [9.17, 15) is 13.6 Å². The minimum Gasteiger partial charge on any atom is -0.383 e. The van der Waals surface area contributed by atoms with Crippen LogP contribution in [0.25, 0.3) is 16.9 Å². The molecule has 8 heteroatoms. The summed E-state index contributed by atoms with van der Waals surface area (Å²) in [6, 6.07) is 8.41. The highest BCUT2D eigenvalue weighted by molar-refractivity contribution is 6.00. The van der Waals surface area contributed by atoms with Crippen LogP contribution in [0.2, 0.25) is 0 Å². The Hall–Kier alpha value is -2.87. The third-order valence-electron chi connectivity index (χ3n) is 4.11. The fourth-order valence-electron chi connectivity index (χ4n) is 2.77. The van der Waals surface area contributed by atoms with Crippen LogP contribution >= 0.6 is 0 Å². The van der Waals surface area contributed by atoms with Crippen molar-refractivity contribution in [1.29, 1.82) is 0 Å². The first-order valence-electron chi connectivity index (χ1n) is 8.44.